The van der Waals surface area contributed by atoms with Gasteiger partial charge in [0.25, 0.3) is 0 Å². The van der Waals surface area contributed by atoms with Crippen LogP contribution in [0.25, 0.3) is 99.2 Å². The summed E-state index contributed by atoms with van der Waals surface area (Å²) in [4.78, 5) is 2.37. The van der Waals surface area contributed by atoms with Crippen molar-refractivity contribution in [3.05, 3.63) is 224 Å². The van der Waals surface area contributed by atoms with Crippen molar-refractivity contribution in [3.8, 4) is 44.5 Å². The van der Waals surface area contributed by atoms with Crippen molar-refractivity contribution in [2.24, 2.45) is 0 Å². The first-order valence-corrected chi connectivity index (χ1v) is 20.7. The minimum Gasteiger partial charge on any atom is -0.456 e. The first-order chi connectivity index (χ1) is 30.2. The number of rotatable bonds is 7. The van der Waals surface area contributed by atoms with Crippen molar-refractivity contribution in [1.82, 2.24) is 0 Å². The van der Waals surface area contributed by atoms with Gasteiger partial charge in [-0.15, -0.1) is 0 Å². The van der Waals surface area contributed by atoms with Crippen LogP contribution in [0.2, 0.25) is 0 Å². The minimum atomic E-state index is 0.848. The molecule has 2 heterocycles. The van der Waals surface area contributed by atoms with E-state index >= 15 is 0 Å². The molecule has 2 aromatic heterocycles. The van der Waals surface area contributed by atoms with Gasteiger partial charge in [-0.2, -0.15) is 0 Å². The lowest BCUT2D eigenvalue weighted by Gasteiger charge is -2.29. The summed E-state index contributed by atoms with van der Waals surface area (Å²) in [5.74, 6) is 0. The molecule has 61 heavy (non-hydrogen) atoms. The van der Waals surface area contributed by atoms with E-state index in [4.69, 9.17) is 8.83 Å². The molecule has 3 heteroatoms. The zero-order chi connectivity index (χ0) is 40.3. The maximum atomic E-state index is 6.50. The van der Waals surface area contributed by atoms with Gasteiger partial charge in [0.1, 0.15) is 22.3 Å². The summed E-state index contributed by atoms with van der Waals surface area (Å²) in [6.07, 6.45) is 0. The van der Waals surface area contributed by atoms with E-state index in [1.807, 2.05) is 24.3 Å². The van der Waals surface area contributed by atoms with Crippen LogP contribution in [0, 0.1) is 0 Å². The summed E-state index contributed by atoms with van der Waals surface area (Å²) in [6, 6.07) is 80.0. The van der Waals surface area contributed by atoms with Gasteiger partial charge in [0, 0.05) is 44.5 Å². The van der Waals surface area contributed by atoms with E-state index < -0.39 is 0 Å². The number of anilines is 3. The number of hydrogen-bond donors (Lipinski definition) is 0. The third-order valence-electron chi connectivity index (χ3n) is 12.1. The van der Waals surface area contributed by atoms with Crippen LogP contribution in [0.4, 0.5) is 17.1 Å². The first-order valence-electron chi connectivity index (χ1n) is 20.7. The number of fused-ring (bicyclic) bond motifs is 7. The molecule has 0 atom stereocenters. The molecule has 0 aliphatic carbocycles. The van der Waals surface area contributed by atoms with Gasteiger partial charge in [-0.05, 0) is 110 Å². The van der Waals surface area contributed by atoms with Crippen molar-refractivity contribution in [3.63, 3.8) is 0 Å². The number of hydrogen-bond acceptors (Lipinski definition) is 3. The second kappa shape index (κ2) is 14.3. The molecule has 0 unspecified atom stereocenters. The van der Waals surface area contributed by atoms with Crippen LogP contribution in [-0.4, -0.2) is 0 Å². The van der Waals surface area contributed by atoms with Gasteiger partial charge in [-0.3, -0.25) is 0 Å². The SMILES string of the molecule is c1ccc(-c2cc3c(cc2-c2ccc(N(c4ccc(-c5cccc6ccccc56)cc4)c4ccc5c(c4)oc4ccccc45)c(-c4ccccc4)c2)oc2ccccc23)cc1. The Kier molecular flexibility index (Phi) is 8.17. The van der Waals surface area contributed by atoms with Gasteiger partial charge in [0.2, 0.25) is 0 Å². The number of nitrogens with zero attached hydrogens (tertiary/aromatic N) is 1. The standard InChI is InChI=1S/C58H37NO2/c1-3-14-39(15-4-1)50-36-53-48-22-10-12-25-56(48)61-58(53)37-51(50)42-28-33-54(52(34-42)40-16-5-2-6-17-40)59(44-31-32-49-47-21-9-11-24-55(47)60-57(49)35-44)43-29-26-41(27-30-43)46-23-13-19-38-18-7-8-20-45(38)46/h1-37H. The molecule has 10 aromatic carbocycles. The normalized spacial score (nSPS) is 11.6. The molecule has 0 spiro atoms. The van der Waals surface area contributed by atoms with Crippen molar-refractivity contribution < 1.29 is 8.83 Å². The average molecular weight is 780 g/mol. The third kappa shape index (κ3) is 5.98. The Morgan fingerprint density at radius 3 is 1.52 bits per heavy atom. The molecule has 0 amide bonds. The van der Waals surface area contributed by atoms with Crippen LogP contribution in [0.5, 0.6) is 0 Å². The highest BCUT2D eigenvalue weighted by Gasteiger charge is 2.22. The largest absolute Gasteiger partial charge is 0.456 e. The Morgan fingerprint density at radius 1 is 0.262 bits per heavy atom. The quantitative estimate of drug-likeness (QED) is 0.161. The van der Waals surface area contributed by atoms with Gasteiger partial charge in [-0.25, -0.2) is 0 Å². The van der Waals surface area contributed by atoms with Crippen molar-refractivity contribution >= 4 is 71.7 Å². The Morgan fingerprint density at radius 2 is 0.787 bits per heavy atom. The summed E-state index contributed by atoms with van der Waals surface area (Å²) in [6.45, 7) is 0. The maximum Gasteiger partial charge on any atom is 0.137 e. The Hall–Kier alpha value is -8.14. The zero-order valence-corrected chi connectivity index (χ0v) is 33.1. The lowest BCUT2D eigenvalue weighted by atomic mass is 9.90. The molecule has 0 aliphatic rings. The van der Waals surface area contributed by atoms with Gasteiger partial charge in [0.05, 0.1) is 5.69 Å². The molecule has 3 nitrogen and oxygen atoms in total. The molecule has 0 aliphatic heterocycles. The van der Waals surface area contributed by atoms with E-state index in [9.17, 15) is 0 Å². The second-order valence-corrected chi connectivity index (χ2v) is 15.6. The zero-order valence-electron chi connectivity index (χ0n) is 33.1. The fourth-order valence-electron chi connectivity index (χ4n) is 9.16. The van der Waals surface area contributed by atoms with E-state index in [0.29, 0.717) is 0 Å². The minimum absolute atomic E-state index is 0.848. The Bertz CT molecular complexity index is 3580. The van der Waals surface area contributed by atoms with Crippen LogP contribution in [0.1, 0.15) is 0 Å². The molecule has 0 saturated carbocycles. The Balaban J connectivity index is 1.08. The summed E-state index contributed by atoms with van der Waals surface area (Å²) in [5, 5.41) is 6.90. The van der Waals surface area contributed by atoms with Crippen molar-refractivity contribution in [2.45, 2.75) is 0 Å². The highest BCUT2D eigenvalue weighted by Crippen LogP contribution is 2.47. The molecule has 0 N–H and O–H groups in total. The van der Waals surface area contributed by atoms with Crippen LogP contribution < -0.4 is 4.90 Å². The van der Waals surface area contributed by atoms with Gasteiger partial charge >= 0.3 is 0 Å². The van der Waals surface area contributed by atoms with Crippen LogP contribution in [0.15, 0.2) is 233 Å². The number of para-hydroxylation sites is 2. The third-order valence-corrected chi connectivity index (χ3v) is 12.1. The lowest BCUT2D eigenvalue weighted by molar-refractivity contribution is 0.668. The van der Waals surface area contributed by atoms with Crippen LogP contribution >= 0.6 is 0 Å². The van der Waals surface area contributed by atoms with E-state index in [1.54, 1.807) is 0 Å². The topological polar surface area (TPSA) is 29.5 Å². The number of furan rings is 2. The lowest BCUT2D eigenvalue weighted by Crippen LogP contribution is -2.11. The summed E-state index contributed by atoms with van der Waals surface area (Å²) in [7, 11) is 0. The van der Waals surface area contributed by atoms with Crippen LogP contribution in [0.3, 0.4) is 0 Å². The van der Waals surface area contributed by atoms with Gasteiger partial charge in [-0.1, -0.05) is 158 Å². The fraction of sp³-hybridized carbons (Fsp3) is 0. The fourth-order valence-corrected chi connectivity index (χ4v) is 9.16. The molecule has 0 bridgehead atoms. The second-order valence-electron chi connectivity index (χ2n) is 15.6. The van der Waals surface area contributed by atoms with Crippen molar-refractivity contribution in [1.29, 1.82) is 0 Å². The molecule has 0 radical (unpaired) electrons. The molecular weight excluding hydrogens is 743 g/mol. The molecule has 12 aromatic rings. The van der Waals surface area contributed by atoms with E-state index in [1.165, 1.54) is 21.9 Å². The van der Waals surface area contributed by atoms with E-state index in [2.05, 4.69) is 205 Å². The highest BCUT2D eigenvalue weighted by molar-refractivity contribution is 6.10. The monoisotopic (exact) mass is 779 g/mol. The summed E-state index contributed by atoms with van der Waals surface area (Å²) >= 11 is 0. The summed E-state index contributed by atoms with van der Waals surface area (Å²) < 4.78 is 13.0. The van der Waals surface area contributed by atoms with Crippen LogP contribution in [-0.2, 0) is 0 Å². The first kappa shape index (κ1) is 34.9. The molecular formula is C58H37NO2. The predicted octanol–water partition coefficient (Wildman–Crippen LogP) is 16.8. The molecule has 286 valence electrons. The van der Waals surface area contributed by atoms with Crippen molar-refractivity contribution in [2.75, 3.05) is 4.90 Å². The highest BCUT2D eigenvalue weighted by atomic mass is 16.3. The number of benzene rings is 10. The predicted molar refractivity (Wildman–Crippen MR) is 255 cm³/mol. The smallest absolute Gasteiger partial charge is 0.137 e. The average Bonchev–Trinajstić information content (AvgIpc) is 3.89. The van der Waals surface area contributed by atoms with E-state index in [0.717, 1.165) is 94.3 Å². The maximum absolute atomic E-state index is 6.50. The summed E-state index contributed by atoms with van der Waals surface area (Å²) in [5.41, 5.74) is 15.7. The van der Waals surface area contributed by atoms with Gasteiger partial charge in [0.15, 0.2) is 0 Å². The molecule has 0 fully saturated rings. The van der Waals surface area contributed by atoms with Gasteiger partial charge < -0.3 is 13.7 Å². The molecule has 0 saturated heterocycles. The van der Waals surface area contributed by atoms with E-state index in [-0.39, 0.29) is 0 Å². The molecule has 12 rings (SSSR count). The Labute approximate surface area is 353 Å².